The van der Waals surface area contributed by atoms with Crippen molar-refractivity contribution in [2.45, 2.75) is 18.9 Å². The van der Waals surface area contributed by atoms with Crippen LogP contribution in [-0.4, -0.2) is 48.2 Å². The number of benzene rings is 1. The van der Waals surface area contributed by atoms with Gasteiger partial charge in [0.05, 0.1) is 0 Å². The second kappa shape index (κ2) is 6.31. The number of furan rings is 1. The van der Waals surface area contributed by atoms with E-state index in [0.717, 1.165) is 43.4 Å². The number of carbonyl (C=O) groups excluding carboxylic acids is 1. The molecule has 2 N–H and O–H groups in total. The SMILES string of the molecule is O=C(NC1CN2CCC1CC2)c1cc2ccc(C#CCO)cc2o1. The highest BCUT2D eigenvalue weighted by Gasteiger charge is 2.35. The smallest absolute Gasteiger partial charge is 0.287 e. The number of fused-ring (bicyclic) bond motifs is 4. The molecule has 24 heavy (non-hydrogen) atoms. The monoisotopic (exact) mass is 324 g/mol. The molecular weight excluding hydrogens is 304 g/mol. The Hall–Kier alpha value is -2.29. The van der Waals surface area contributed by atoms with Gasteiger partial charge in [0.15, 0.2) is 5.76 Å². The fraction of sp³-hybridized carbons (Fsp3) is 0.421. The van der Waals surface area contributed by atoms with E-state index < -0.39 is 0 Å². The molecule has 3 fully saturated rings. The van der Waals surface area contributed by atoms with E-state index in [1.807, 2.05) is 12.1 Å². The van der Waals surface area contributed by atoms with Gasteiger partial charge in [-0.25, -0.2) is 0 Å². The Morgan fingerprint density at radius 3 is 2.88 bits per heavy atom. The molecule has 3 aliphatic rings. The zero-order chi connectivity index (χ0) is 16.5. The van der Waals surface area contributed by atoms with E-state index in [9.17, 15) is 4.79 Å². The largest absolute Gasteiger partial charge is 0.451 e. The quantitative estimate of drug-likeness (QED) is 0.824. The molecule has 1 amide bonds. The number of nitrogens with one attached hydrogen (secondary N) is 1. The first-order valence-corrected chi connectivity index (χ1v) is 8.39. The van der Waals surface area contributed by atoms with Crippen molar-refractivity contribution in [1.29, 1.82) is 0 Å². The maximum absolute atomic E-state index is 12.5. The van der Waals surface area contributed by atoms with Gasteiger partial charge in [-0.3, -0.25) is 4.79 Å². The van der Waals surface area contributed by atoms with Crippen LogP contribution in [0.15, 0.2) is 28.7 Å². The molecule has 0 saturated carbocycles. The van der Waals surface area contributed by atoms with E-state index >= 15 is 0 Å². The van der Waals surface area contributed by atoms with Gasteiger partial charge in [0.25, 0.3) is 5.91 Å². The Morgan fingerprint density at radius 1 is 1.33 bits per heavy atom. The summed E-state index contributed by atoms with van der Waals surface area (Å²) in [7, 11) is 0. The van der Waals surface area contributed by atoms with Gasteiger partial charge in [-0.05, 0) is 56.1 Å². The Morgan fingerprint density at radius 2 is 2.17 bits per heavy atom. The van der Waals surface area contributed by atoms with E-state index in [1.54, 1.807) is 12.1 Å². The fourth-order valence-corrected chi connectivity index (χ4v) is 3.73. The van der Waals surface area contributed by atoms with Crippen LogP contribution in [0.1, 0.15) is 29.0 Å². The van der Waals surface area contributed by atoms with Crippen molar-refractivity contribution in [3.05, 3.63) is 35.6 Å². The predicted octanol–water partition coefficient (Wildman–Crippen LogP) is 1.60. The molecule has 0 radical (unpaired) electrons. The highest BCUT2D eigenvalue weighted by Crippen LogP contribution is 2.28. The highest BCUT2D eigenvalue weighted by molar-refractivity contribution is 5.96. The van der Waals surface area contributed by atoms with Gasteiger partial charge in [0.1, 0.15) is 12.2 Å². The molecule has 3 aliphatic heterocycles. The Kier molecular flexibility index (Phi) is 4.01. The lowest BCUT2D eigenvalue weighted by Gasteiger charge is -2.44. The van der Waals surface area contributed by atoms with E-state index in [1.165, 1.54) is 0 Å². The summed E-state index contributed by atoms with van der Waals surface area (Å²) in [6.45, 7) is 3.07. The standard InChI is InChI=1S/C19H20N2O3/c22-9-1-2-13-3-4-15-11-18(24-17(15)10-13)19(23)20-16-12-21-7-5-14(16)6-8-21/h3-4,10-11,14,16,22H,5-9,12H2,(H,20,23). The van der Waals surface area contributed by atoms with Crippen LogP contribution in [0.5, 0.6) is 0 Å². The number of hydrogen-bond acceptors (Lipinski definition) is 4. The van der Waals surface area contributed by atoms with Crippen molar-refractivity contribution in [1.82, 2.24) is 10.2 Å². The van der Waals surface area contributed by atoms with Gasteiger partial charge in [-0.2, -0.15) is 0 Å². The zero-order valence-electron chi connectivity index (χ0n) is 13.4. The van der Waals surface area contributed by atoms with Gasteiger partial charge < -0.3 is 19.7 Å². The average Bonchev–Trinajstić information content (AvgIpc) is 3.04. The molecule has 5 nitrogen and oxygen atoms in total. The molecule has 2 aromatic rings. The second-order valence-corrected chi connectivity index (χ2v) is 6.54. The number of amides is 1. The van der Waals surface area contributed by atoms with Crippen molar-refractivity contribution in [2.75, 3.05) is 26.2 Å². The average molecular weight is 324 g/mol. The summed E-state index contributed by atoms with van der Waals surface area (Å²) in [4.78, 5) is 14.9. The molecule has 124 valence electrons. The second-order valence-electron chi connectivity index (χ2n) is 6.54. The Balaban J connectivity index is 1.52. The number of rotatable bonds is 2. The lowest BCUT2D eigenvalue weighted by molar-refractivity contribution is 0.0607. The number of hydrogen-bond donors (Lipinski definition) is 2. The third-order valence-electron chi connectivity index (χ3n) is 5.03. The molecule has 5 rings (SSSR count). The van der Waals surface area contributed by atoms with E-state index in [-0.39, 0.29) is 18.6 Å². The molecule has 1 atom stereocenters. The van der Waals surface area contributed by atoms with E-state index in [2.05, 4.69) is 22.1 Å². The van der Waals surface area contributed by atoms with Gasteiger partial charge in [-0.15, -0.1) is 0 Å². The third-order valence-corrected chi connectivity index (χ3v) is 5.03. The fourth-order valence-electron chi connectivity index (χ4n) is 3.73. The molecule has 0 aliphatic carbocycles. The topological polar surface area (TPSA) is 65.7 Å². The van der Waals surface area contributed by atoms with E-state index in [0.29, 0.717) is 17.3 Å². The van der Waals surface area contributed by atoms with Crippen LogP contribution in [0, 0.1) is 17.8 Å². The predicted molar refractivity (Wildman–Crippen MR) is 90.6 cm³/mol. The molecule has 3 saturated heterocycles. The number of aliphatic hydroxyl groups is 1. The van der Waals surface area contributed by atoms with Crippen molar-refractivity contribution in [3.8, 4) is 11.8 Å². The Bertz CT molecular complexity index is 822. The summed E-state index contributed by atoms with van der Waals surface area (Å²) in [5, 5.41) is 12.8. The van der Waals surface area contributed by atoms with Crippen molar-refractivity contribution >= 4 is 16.9 Å². The first-order valence-electron chi connectivity index (χ1n) is 8.39. The molecule has 1 unspecified atom stereocenters. The maximum Gasteiger partial charge on any atom is 0.287 e. The molecule has 0 spiro atoms. The van der Waals surface area contributed by atoms with Crippen LogP contribution in [0.25, 0.3) is 11.0 Å². The summed E-state index contributed by atoms with van der Waals surface area (Å²) in [6.07, 6.45) is 2.33. The van der Waals surface area contributed by atoms with Gasteiger partial charge in [0, 0.05) is 23.5 Å². The van der Waals surface area contributed by atoms with Crippen LogP contribution in [0.3, 0.4) is 0 Å². The lowest BCUT2D eigenvalue weighted by atomic mass is 9.84. The lowest BCUT2D eigenvalue weighted by Crippen LogP contribution is -2.57. The molecule has 2 bridgehead atoms. The first-order chi connectivity index (χ1) is 11.7. The summed E-state index contributed by atoms with van der Waals surface area (Å²) < 4.78 is 5.72. The van der Waals surface area contributed by atoms with Crippen molar-refractivity contribution in [3.63, 3.8) is 0 Å². The summed E-state index contributed by atoms with van der Waals surface area (Å²) in [5.74, 6) is 6.23. The molecule has 1 aromatic carbocycles. The van der Waals surface area contributed by atoms with Crippen molar-refractivity contribution < 1.29 is 14.3 Å². The summed E-state index contributed by atoms with van der Waals surface area (Å²) in [6, 6.07) is 7.53. The summed E-state index contributed by atoms with van der Waals surface area (Å²) >= 11 is 0. The molecular formula is C19H20N2O3. The van der Waals surface area contributed by atoms with Gasteiger partial charge in [0.2, 0.25) is 0 Å². The van der Waals surface area contributed by atoms with Gasteiger partial charge >= 0.3 is 0 Å². The minimum absolute atomic E-state index is 0.145. The zero-order valence-corrected chi connectivity index (χ0v) is 13.4. The molecule has 1 aromatic heterocycles. The molecule has 5 heteroatoms. The number of piperidine rings is 3. The minimum Gasteiger partial charge on any atom is -0.451 e. The van der Waals surface area contributed by atoms with E-state index in [4.69, 9.17) is 9.52 Å². The number of carbonyl (C=O) groups is 1. The first kappa shape index (κ1) is 15.3. The van der Waals surface area contributed by atoms with Crippen LogP contribution >= 0.6 is 0 Å². The number of nitrogens with zero attached hydrogens (tertiary/aromatic N) is 1. The Labute approximate surface area is 140 Å². The minimum atomic E-state index is -0.177. The molecule has 4 heterocycles. The van der Waals surface area contributed by atoms with Crippen LogP contribution in [0.2, 0.25) is 0 Å². The third kappa shape index (κ3) is 2.91. The normalized spacial score (nSPS) is 25.3. The highest BCUT2D eigenvalue weighted by atomic mass is 16.3. The summed E-state index contributed by atoms with van der Waals surface area (Å²) in [5.41, 5.74) is 1.40. The maximum atomic E-state index is 12.5. The van der Waals surface area contributed by atoms with Crippen LogP contribution in [-0.2, 0) is 0 Å². The van der Waals surface area contributed by atoms with Crippen LogP contribution < -0.4 is 5.32 Å². The van der Waals surface area contributed by atoms with Crippen molar-refractivity contribution in [2.24, 2.45) is 5.92 Å². The van der Waals surface area contributed by atoms with Gasteiger partial charge in [-0.1, -0.05) is 11.8 Å². The number of aliphatic hydroxyl groups excluding tert-OH is 1. The van der Waals surface area contributed by atoms with Crippen LogP contribution in [0.4, 0.5) is 0 Å².